The Bertz CT molecular complexity index is 422. The maximum absolute atomic E-state index is 14.3. The molecule has 0 saturated carbocycles. The first kappa shape index (κ1) is 12.1. The van der Waals surface area contributed by atoms with Crippen LogP contribution in [0.4, 0.5) is 8.78 Å². The third-order valence-electron chi connectivity index (χ3n) is 4.20. The van der Waals surface area contributed by atoms with E-state index in [1.807, 2.05) is 29.2 Å². The van der Waals surface area contributed by atoms with Crippen molar-refractivity contribution in [3.63, 3.8) is 0 Å². The third kappa shape index (κ3) is 1.84. The zero-order valence-electron chi connectivity index (χ0n) is 10.5. The minimum absolute atomic E-state index is 0.380. The highest BCUT2D eigenvalue weighted by Gasteiger charge is 2.50. The fraction of sp³-hybridized carbons (Fsp3) is 0.571. The van der Waals surface area contributed by atoms with Crippen LogP contribution in [-0.4, -0.2) is 30.0 Å². The predicted octanol–water partition coefficient (Wildman–Crippen LogP) is 2.25. The van der Waals surface area contributed by atoms with Gasteiger partial charge >= 0.3 is 0 Å². The summed E-state index contributed by atoms with van der Waals surface area (Å²) in [5, 5.41) is 3.12. The summed E-state index contributed by atoms with van der Waals surface area (Å²) in [7, 11) is 0. The van der Waals surface area contributed by atoms with Crippen LogP contribution in [0.5, 0.6) is 0 Å². The molecule has 2 aliphatic rings. The van der Waals surface area contributed by atoms with E-state index in [0.29, 0.717) is 26.2 Å². The van der Waals surface area contributed by atoms with Crippen molar-refractivity contribution in [3.05, 3.63) is 35.4 Å². The molecule has 98 valence electrons. The molecule has 1 aromatic carbocycles. The van der Waals surface area contributed by atoms with Gasteiger partial charge in [-0.3, -0.25) is 4.90 Å². The monoisotopic (exact) mass is 252 g/mol. The van der Waals surface area contributed by atoms with Gasteiger partial charge in [0.05, 0.1) is 6.04 Å². The van der Waals surface area contributed by atoms with Crippen LogP contribution in [0.15, 0.2) is 24.3 Å². The Morgan fingerprint density at radius 3 is 2.39 bits per heavy atom. The van der Waals surface area contributed by atoms with E-state index in [1.54, 1.807) is 6.92 Å². The van der Waals surface area contributed by atoms with Gasteiger partial charge in [-0.1, -0.05) is 31.2 Å². The van der Waals surface area contributed by atoms with E-state index in [9.17, 15) is 8.78 Å². The summed E-state index contributed by atoms with van der Waals surface area (Å²) < 4.78 is 28.5. The molecule has 2 nitrogen and oxygen atoms in total. The van der Waals surface area contributed by atoms with Gasteiger partial charge < -0.3 is 5.32 Å². The minimum atomic E-state index is -2.60. The maximum Gasteiger partial charge on any atom is 0.268 e. The third-order valence-corrected chi connectivity index (χ3v) is 4.20. The van der Waals surface area contributed by atoms with Crippen LogP contribution in [0.3, 0.4) is 0 Å². The number of benzene rings is 1. The van der Waals surface area contributed by atoms with Crippen LogP contribution in [0, 0.1) is 5.92 Å². The van der Waals surface area contributed by atoms with Crippen LogP contribution in [0.25, 0.3) is 0 Å². The molecule has 2 atom stereocenters. The van der Waals surface area contributed by atoms with Crippen molar-refractivity contribution in [1.29, 1.82) is 0 Å². The SMILES string of the molecule is C[C@H]1CNC[C@@H](N2Cc3ccccc3C2)C1(F)F. The van der Waals surface area contributed by atoms with Crippen molar-refractivity contribution in [3.8, 4) is 0 Å². The molecule has 1 N–H and O–H groups in total. The number of rotatable bonds is 1. The van der Waals surface area contributed by atoms with Crippen molar-refractivity contribution in [1.82, 2.24) is 10.2 Å². The normalized spacial score (nSPS) is 31.3. The summed E-state index contributed by atoms with van der Waals surface area (Å²) in [6, 6.07) is 7.33. The number of hydrogen-bond donors (Lipinski definition) is 1. The summed E-state index contributed by atoms with van der Waals surface area (Å²) in [5.41, 5.74) is 2.37. The summed E-state index contributed by atoms with van der Waals surface area (Å²) in [6.45, 7) is 3.70. The Hall–Kier alpha value is -1.00. The van der Waals surface area contributed by atoms with E-state index in [1.165, 1.54) is 11.1 Å². The number of fused-ring (bicyclic) bond motifs is 1. The van der Waals surface area contributed by atoms with Crippen molar-refractivity contribution >= 4 is 0 Å². The molecule has 1 aromatic rings. The molecule has 0 spiro atoms. The highest BCUT2D eigenvalue weighted by atomic mass is 19.3. The van der Waals surface area contributed by atoms with Crippen molar-refractivity contribution < 1.29 is 8.78 Å². The largest absolute Gasteiger partial charge is 0.314 e. The van der Waals surface area contributed by atoms with Crippen LogP contribution in [0.2, 0.25) is 0 Å². The molecule has 0 aromatic heterocycles. The number of nitrogens with one attached hydrogen (secondary N) is 1. The summed E-state index contributed by atoms with van der Waals surface area (Å²) in [5.74, 6) is -3.20. The van der Waals surface area contributed by atoms with Gasteiger partial charge in [0, 0.05) is 32.1 Å². The smallest absolute Gasteiger partial charge is 0.268 e. The van der Waals surface area contributed by atoms with Gasteiger partial charge in [0.15, 0.2) is 0 Å². The molecule has 0 aliphatic carbocycles. The van der Waals surface area contributed by atoms with Gasteiger partial charge in [0.2, 0.25) is 0 Å². The predicted molar refractivity (Wildman–Crippen MR) is 66.5 cm³/mol. The first-order valence-electron chi connectivity index (χ1n) is 6.48. The number of halogens is 2. The molecule has 2 aliphatic heterocycles. The van der Waals surface area contributed by atoms with Gasteiger partial charge in [-0.2, -0.15) is 0 Å². The molecular formula is C14H18F2N2. The second-order valence-electron chi connectivity index (χ2n) is 5.42. The van der Waals surface area contributed by atoms with Gasteiger partial charge in [0.1, 0.15) is 0 Å². The Morgan fingerprint density at radius 2 is 1.78 bits per heavy atom. The van der Waals surface area contributed by atoms with Gasteiger partial charge in [-0.15, -0.1) is 0 Å². The van der Waals surface area contributed by atoms with Gasteiger partial charge in [0.25, 0.3) is 5.92 Å². The zero-order valence-corrected chi connectivity index (χ0v) is 10.5. The molecule has 0 bridgehead atoms. The number of nitrogens with zero attached hydrogens (tertiary/aromatic N) is 1. The second kappa shape index (κ2) is 4.28. The standard InChI is InChI=1S/C14H18F2N2/c1-10-6-17-7-13(14(10,15)16)18-8-11-4-2-3-5-12(11)9-18/h2-5,10,13,17H,6-9H2,1H3/t10-,13+/m0/s1. The number of alkyl halides is 2. The Labute approximate surface area is 106 Å². The molecule has 4 heteroatoms. The number of hydrogen-bond acceptors (Lipinski definition) is 2. The lowest BCUT2D eigenvalue weighted by molar-refractivity contribution is -0.134. The van der Waals surface area contributed by atoms with E-state index in [-0.39, 0.29) is 0 Å². The van der Waals surface area contributed by atoms with Crippen LogP contribution >= 0.6 is 0 Å². The molecule has 3 rings (SSSR count). The molecular weight excluding hydrogens is 234 g/mol. The zero-order chi connectivity index (χ0) is 12.8. The highest BCUT2D eigenvalue weighted by Crippen LogP contribution is 2.37. The Balaban J connectivity index is 1.81. The molecule has 1 saturated heterocycles. The molecule has 1 fully saturated rings. The average Bonchev–Trinajstić information content (AvgIpc) is 2.75. The Morgan fingerprint density at radius 1 is 1.17 bits per heavy atom. The number of piperidine rings is 1. The summed E-state index contributed by atoms with van der Waals surface area (Å²) in [6.07, 6.45) is 0. The molecule has 2 heterocycles. The first-order valence-corrected chi connectivity index (χ1v) is 6.48. The Kier molecular flexibility index (Phi) is 2.87. The van der Waals surface area contributed by atoms with Crippen LogP contribution in [0.1, 0.15) is 18.1 Å². The lowest BCUT2D eigenvalue weighted by Gasteiger charge is -2.41. The van der Waals surface area contributed by atoms with E-state index < -0.39 is 17.9 Å². The fourth-order valence-electron chi connectivity index (χ4n) is 2.99. The van der Waals surface area contributed by atoms with E-state index in [2.05, 4.69) is 5.32 Å². The van der Waals surface area contributed by atoms with Crippen molar-refractivity contribution in [2.75, 3.05) is 13.1 Å². The minimum Gasteiger partial charge on any atom is -0.314 e. The van der Waals surface area contributed by atoms with Crippen LogP contribution < -0.4 is 5.32 Å². The summed E-state index contributed by atoms with van der Waals surface area (Å²) in [4.78, 5) is 1.91. The molecule has 0 radical (unpaired) electrons. The second-order valence-corrected chi connectivity index (χ2v) is 5.42. The fourth-order valence-corrected chi connectivity index (χ4v) is 2.99. The molecule has 0 unspecified atom stereocenters. The van der Waals surface area contributed by atoms with Gasteiger partial charge in [-0.05, 0) is 11.1 Å². The average molecular weight is 252 g/mol. The summed E-state index contributed by atoms with van der Waals surface area (Å²) >= 11 is 0. The first-order chi connectivity index (χ1) is 8.59. The topological polar surface area (TPSA) is 15.3 Å². The lowest BCUT2D eigenvalue weighted by atomic mass is 9.91. The van der Waals surface area contributed by atoms with E-state index >= 15 is 0 Å². The highest BCUT2D eigenvalue weighted by molar-refractivity contribution is 5.30. The van der Waals surface area contributed by atoms with Crippen LogP contribution in [-0.2, 0) is 13.1 Å². The lowest BCUT2D eigenvalue weighted by Crippen LogP contribution is -2.60. The molecule has 0 amide bonds. The maximum atomic E-state index is 14.3. The van der Waals surface area contributed by atoms with Crippen molar-refractivity contribution in [2.45, 2.75) is 32.0 Å². The van der Waals surface area contributed by atoms with E-state index in [4.69, 9.17) is 0 Å². The van der Waals surface area contributed by atoms with Gasteiger partial charge in [-0.25, -0.2) is 8.78 Å². The van der Waals surface area contributed by atoms with E-state index in [0.717, 1.165) is 0 Å². The molecule has 18 heavy (non-hydrogen) atoms. The quantitative estimate of drug-likeness (QED) is 0.824. The van der Waals surface area contributed by atoms with Crippen molar-refractivity contribution in [2.24, 2.45) is 5.92 Å².